The molecule has 1 aliphatic rings. The number of nitrogens with zero attached hydrogens (tertiary/aromatic N) is 1. The number of hydrogen-bond donors (Lipinski definition) is 1. The van der Waals surface area contributed by atoms with Gasteiger partial charge in [-0.3, -0.25) is 10.1 Å². The second kappa shape index (κ2) is 7.13. The number of thiazole rings is 1. The minimum absolute atomic E-state index is 0.129. The van der Waals surface area contributed by atoms with Crippen molar-refractivity contribution in [3.8, 4) is 5.75 Å². The van der Waals surface area contributed by atoms with Crippen LogP contribution in [-0.2, 0) is 17.6 Å². The molecule has 0 radical (unpaired) electrons. The predicted octanol–water partition coefficient (Wildman–Crippen LogP) is 4.06. The Hall–Kier alpha value is -1.88. The minimum Gasteiger partial charge on any atom is -0.481 e. The lowest BCUT2D eigenvalue weighted by Crippen LogP contribution is -2.32. The van der Waals surface area contributed by atoms with E-state index in [1.54, 1.807) is 11.3 Å². The third-order valence-corrected chi connectivity index (χ3v) is 5.14. The SMILES string of the molecule is CC[C@H](Oc1ccccc1)C(=O)Nc1nc2c(s1)C[C@@H](C)CC2. The zero-order chi connectivity index (χ0) is 16.2. The van der Waals surface area contributed by atoms with E-state index in [1.165, 1.54) is 11.3 Å². The van der Waals surface area contributed by atoms with E-state index in [9.17, 15) is 4.79 Å². The largest absolute Gasteiger partial charge is 0.481 e. The fraction of sp³-hybridized carbons (Fsp3) is 0.444. The molecule has 0 spiro atoms. The first-order valence-electron chi connectivity index (χ1n) is 8.17. The van der Waals surface area contributed by atoms with Crippen LogP contribution in [0.3, 0.4) is 0 Å². The number of nitrogens with one attached hydrogen (secondary N) is 1. The average molecular weight is 330 g/mol. The molecule has 5 heteroatoms. The molecule has 0 aliphatic heterocycles. The number of para-hydroxylation sites is 1. The fourth-order valence-corrected chi connectivity index (χ4v) is 3.94. The van der Waals surface area contributed by atoms with Gasteiger partial charge in [0.25, 0.3) is 5.91 Å². The van der Waals surface area contributed by atoms with Gasteiger partial charge in [0.15, 0.2) is 11.2 Å². The summed E-state index contributed by atoms with van der Waals surface area (Å²) in [7, 11) is 0. The highest BCUT2D eigenvalue weighted by molar-refractivity contribution is 7.15. The first kappa shape index (κ1) is 16.0. The molecule has 0 saturated heterocycles. The van der Waals surface area contributed by atoms with E-state index >= 15 is 0 Å². The first-order valence-corrected chi connectivity index (χ1v) is 8.98. The molecule has 23 heavy (non-hydrogen) atoms. The zero-order valence-electron chi connectivity index (χ0n) is 13.5. The summed E-state index contributed by atoms with van der Waals surface area (Å²) in [6, 6.07) is 9.44. The van der Waals surface area contributed by atoms with Crippen molar-refractivity contribution in [3.63, 3.8) is 0 Å². The van der Waals surface area contributed by atoms with Crippen molar-refractivity contribution in [3.05, 3.63) is 40.9 Å². The number of aryl methyl sites for hydroxylation is 1. The molecule has 2 aromatic rings. The van der Waals surface area contributed by atoms with E-state index in [1.807, 2.05) is 37.3 Å². The Morgan fingerprint density at radius 1 is 1.43 bits per heavy atom. The van der Waals surface area contributed by atoms with E-state index in [0.29, 0.717) is 23.2 Å². The predicted molar refractivity (Wildman–Crippen MR) is 93.1 cm³/mol. The summed E-state index contributed by atoms with van der Waals surface area (Å²) in [6.45, 7) is 4.21. The van der Waals surface area contributed by atoms with E-state index < -0.39 is 6.10 Å². The van der Waals surface area contributed by atoms with E-state index in [2.05, 4.69) is 17.2 Å². The highest BCUT2D eigenvalue weighted by Gasteiger charge is 2.23. The van der Waals surface area contributed by atoms with Crippen LogP contribution < -0.4 is 10.1 Å². The highest BCUT2D eigenvalue weighted by atomic mass is 32.1. The summed E-state index contributed by atoms with van der Waals surface area (Å²) >= 11 is 1.60. The molecule has 4 nitrogen and oxygen atoms in total. The van der Waals surface area contributed by atoms with Crippen LogP contribution in [0, 0.1) is 5.92 Å². The zero-order valence-corrected chi connectivity index (χ0v) is 14.4. The second-order valence-electron chi connectivity index (χ2n) is 6.05. The van der Waals surface area contributed by atoms with Gasteiger partial charge in [-0.05, 0) is 43.7 Å². The molecule has 1 heterocycles. The van der Waals surface area contributed by atoms with Gasteiger partial charge in [-0.2, -0.15) is 0 Å². The molecule has 1 aromatic heterocycles. The maximum absolute atomic E-state index is 12.5. The summed E-state index contributed by atoms with van der Waals surface area (Å²) < 4.78 is 5.78. The maximum Gasteiger partial charge on any atom is 0.267 e. The molecule has 0 saturated carbocycles. The van der Waals surface area contributed by atoms with Crippen molar-refractivity contribution < 1.29 is 9.53 Å². The highest BCUT2D eigenvalue weighted by Crippen LogP contribution is 2.32. The van der Waals surface area contributed by atoms with Crippen LogP contribution in [0.25, 0.3) is 0 Å². The van der Waals surface area contributed by atoms with Crippen LogP contribution in [0.1, 0.15) is 37.3 Å². The smallest absolute Gasteiger partial charge is 0.267 e. The number of carbonyl (C=O) groups excluding carboxylic acids is 1. The van der Waals surface area contributed by atoms with Gasteiger partial charge >= 0.3 is 0 Å². The number of benzene rings is 1. The molecular weight excluding hydrogens is 308 g/mol. The van der Waals surface area contributed by atoms with Gasteiger partial charge in [-0.15, -0.1) is 11.3 Å². The van der Waals surface area contributed by atoms with Gasteiger partial charge in [0.2, 0.25) is 0 Å². The van der Waals surface area contributed by atoms with Crippen molar-refractivity contribution in [2.75, 3.05) is 5.32 Å². The van der Waals surface area contributed by atoms with Crippen LogP contribution in [0.2, 0.25) is 0 Å². The molecule has 0 bridgehead atoms. The van der Waals surface area contributed by atoms with Gasteiger partial charge in [0, 0.05) is 4.88 Å². The van der Waals surface area contributed by atoms with Crippen LogP contribution in [-0.4, -0.2) is 17.0 Å². The maximum atomic E-state index is 12.5. The van der Waals surface area contributed by atoms with Gasteiger partial charge in [0.1, 0.15) is 5.75 Å². The Balaban J connectivity index is 1.65. The van der Waals surface area contributed by atoms with Crippen LogP contribution in [0.4, 0.5) is 5.13 Å². The van der Waals surface area contributed by atoms with Crippen molar-refractivity contribution >= 4 is 22.4 Å². The Morgan fingerprint density at radius 2 is 2.22 bits per heavy atom. The molecule has 1 aromatic carbocycles. The average Bonchev–Trinajstić information content (AvgIpc) is 2.94. The Bertz CT molecular complexity index is 669. The number of anilines is 1. The second-order valence-corrected chi connectivity index (χ2v) is 7.14. The molecular formula is C18H22N2O2S. The van der Waals surface area contributed by atoms with Gasteiger partial charge in [-0.1, -0.05) is 32.0 Å². The van der Waals surface area contributed by atoms with E-state index in [-0.39, 0.29) is 5.91 Å². The molecule has 2 atom stereocenters. The van der Waals surface area contributed by atoms with Gasteiger partial charge < -0.3 is 4.74 Å². The standard InChI is InChI=1S/C18H22N2O2S/c1-3-15(22-13-7-5-4-6-8-13)17(21)20-18-19-14-10-9-12(2)11-16(14)23-18/h4-8,12,15H,3,9-11H2,1-2H3,(H,19,20,21)/t12-,15-/m0/s1. The number of amides is 1. The molecule has 1 amide bonds. The quantitative estimate of drug-likeness (QED) is 0.899. The molecule has 1 N–H and O–H groups in total. The normalized spacial score (nSPS) is 18.1. The third-order valence-electron chi connectivity index (χ3n) is 4.10. The number of ether oxygens (including phenoxy) is 1. The number of carbonyl (C=O) groups is 1. The van der Waals surface area contributed by atoms with Crippen molar-refractivity contribution in [1.29, 1.82) is 0 Å². The van der Waals surface area contributed by atoms with Gasteiger partial charge in [-0.25, -0.2) is 4.98 Å². The number of rotatable bonds is 5. The molecule has 0 unspecified atom stereocenters. The van der Waals surface area contributed by atoms with Crippen molar-refractivity contribution in [1.82, 2.24) is 4.98 Å². The number of aromatic nitrogens is 1. The lowest BCUT2D eigenvalue weighted by molar-refractivity contribution is -0.122. The summed E-state index contributed by atoms with van der Waals surface area (Å²) in [5, 5.41) is 3.63. The summed E-state index contributed by atoms with van der Waals surface area (Å²) in [5.74, 6) is 1.29. The van der Waals surface area contributed by atoms with Crippen molar-refractivity contribution in [2.45, 2.75) is 45.6 Å². The van der Waals surface area contributed by atoms with Crippen molar-refractivity contribution in [2.24, 2.45) is 5.92 Å². The Labute approximate surface area is 140 Å². The van der Waals surface area contributed by atoms with Crippen LogP contribution >= 0.6 is 11.3 Å². The molecule has 122 valence electrons. The topological polar surface area (TPSA) is 51.2 Å². The minimum atomic E-state index is -0.503. The first-order chi connectivity index (χ1) is 11.2. The molecule has 1 aliphatic carbocycles. The Kier molecular flexibility index (Phi) is 4.96. The lowest BCUT2D eigenvalue weighted by atomic mass is 9.93. The van der Waals surface area contributed by atoms with Crippen LogP contribution in [0.15, 0.2) is 30.3 Å². The third kappa shape index (κ3) is 3.91. The van der Waals surface area contributed by atoms with Gasteiger partial charge in [0.05, 0.1) is 5.69 Å². The summed E-state index contributed by atoms with van der Waals surface area (Å²) in [4.78, 5) is 18.4. The number of fused-ring (bicyclic) bond motifs is 1. The summed E-state index contributed by atoms with van der Waals surface area (Å²) in [5.41, 5.74) is 1.15. The molecule has 3 rings (SSSR count). The summed E-state index contributed by atoms with van der Waals surface area (Å²) in [6.07, 6.45) is 3.38. The number of hydrogen-bond acceptors (Lipinski definition) is 4. The lowest BCUT2D eigenvalue weighted by Gasteiger charge is -2.16. The van der Waals surface area contributed by atoms with E-state index in [0.717, 1.165) is 18.5 Å². The monoisotopic (exact) mass is 330 g/mol. The fourth-order valence-electron chi connectivity index (χ4n) is 2.76. The van der Waals surface area contributed by atoms with E-state index in [4.69, 9.17) is 4.74 Å². The Morgan fingerprint density at radius 3 is 2.96 bits per heavy atom. The van der Waals surface area contributed by atoms with Crippen LogP contribution in [0.5, 0.6) is 5.75 Å². The molecule has 0 fully saturated rings.